The summed E-state index contributed by atoms with van der Waals surface area (Å²) in [6, 6.07) is 7.96. The molecular weight excluding hydrogens is 338 g/mol. The zero-order chi connectivity index (χ0) is 15.2. The van der Waals surface area contributed by atoms with Crippen LogP contribution in [0.2, 0.25) is 5.02 Å². The second-order valence-electron chi connectivity index (χ2n) is 4.37. The van der Waals surface area contributed by atoms with Crippen molar-refractivity contribution in [2.24, 2.45) is 0 Å². The Balaban J connectivity index is 2.12. The van der Waals surface area contributed by atoms with Crippen LogP contribution in [0.4, 0.5) is 5.69 Å². The second kappa shape index (κ2) is 7.99. The van der Waals surface area contributed by atoms with E-state index < -0.39 is 0 Å². The van der Waals surface area contributed by atoms with Crippen LogP contribution in [-0.4, -0.2) is 10.7 Å². The summed E-state index contributed by atoms with van der Waals surface area (Å²) < 4.78 is 0. The van der Waals surface area contributed by atoms with Crippen LogP contribution in [0.5, 0.6) is 0 Å². The quantitative estimate of drug-likeness (QED) is 0.392. The molecule has 5 heteroatoms. The molecule has 0 saturated heterocycles. The molecule has 0 amide bonds. The van der Waals surface area contributed by atoms with Gasteiger partial charge in [-0.25, -0.2) is 0 Å². The van der Waals surface area contributed by atoms with Crippen molar-refractivity contribution in [3.63, 3.8) is 0 Å². The predicted octanol–water partition coefficient (Wildman–Crippen LogP) is 6.17. The molecule has 2 aromatic rings. The first-order valence-corrected chi connectivity index (χ1v) is 9.16. The van der Waals surface area contributed by atoms with Crippen molar-refractivity contribution in [2.75, 3.05) is 11.1 Å². The molecule has 1 N–H and O–H groups in total. The Labute approximate surface area is 144 Å². The zero-order valence-corrected chi connectivity index (χ0v) is 15.1. The third-order valence-corrected chi connectivity index (χ3v) is 5.48. The lowest BCUT2D eigenvalue weighted by atomic mass is 10.2. The van der Waals surface area contributed by atoms with Gasteiger partial charge in [-0.05, 0) is 43.5 Å². The maximum Gasteiger partial charge on any atom is 0.112 e. The van der Waals surface area contributed by atoms with Crippen LogP contribution in [0, 0.1) is 6.92 Å². The Bertz CT molecular complexity index is 661. The summed E-state index contributed by atoms with van der Waals surface area (Å²) in [5.74, 6) is 0.910. The van der Waals surface area contributed by atoms with E-state index in [9.17, 15) is 0 Å². The van der Waals surface area contributed by atoms with E-state index in [1.165, 1.54) is 4.88 Å². The van der Waals surface area contributed by atoms with Gasteiger partial charge in [-0.3, -0.25) is 0 Å². The molecule has 1 aromatic carbocycles. The Morgan fingerprint density at radius 1 is 1.43 bits per heavy atom. The average Bonchev–Trinajstić information content (AvgIpc) is 2.89. The first-order valence-electron chi connectivity index (χ1n) is 6.50. The van der Waals surface area contributed by atoms with Crippen molar-refractivity contribution in [3.05, 3.63) is 57.3 Å². The third-order valence-electron chi connectivity index (χ3n) is 2.86. The van der Waals surface area contributed by atoms with Gasteiger partial charge in [0.15, 0.2) is 0 Å². The molecule has 0 fully saturated rings. The van der Waals surface area contributed by atoms with E-state index in [1.54, 1.807) is 23.1 Å². The fourth-order valence-electron chi connectivity index (χ4n) is 1.74. The number of thioether (sulfide) groups is 1. The number of nitrogens with one attached hydrogen (secondary N) is 1. The third kappa shape index (κ3) is 4.58. The van der Waals surface area contributed by atoms with Gasteiger partial charge in [0.25, 0.3) is 0 Å². The number of anilines is 1. The first-order chi connectivity index (χ1) is 10.1. The molecule has 0 unspecified atom stereocenters. The van der Waals surface area contributed by atoms with E-state index in [-0.39, 0.29) is 0 Å². The maximum atomic E-state index is 6.23. The van der Waals surface area contributed by atoms with Crippen molar-refractivity contribution in [1.29, 1.82) is 0 Å². The topological polar surface area (TPSA) is 12.0 Å². The molecule has 21 heavy (non-hydrogen) atoms. The number of benzene rings is 1. The Kier molecular flexibility index (Phi) is 6.30. The zero-order valence-electron chi connectivity index (χ0n) is 11.9. The highest BCUT2D eigenvalue weighted by Crippen LogP contribution is 2.30. The number of hydrogen-bond donors (Lipinski definition) is 1. The highest BCUT2D eigenvalue weighted by molar-refractivity contribution is 7.99. The molecule has 0 aliphatic rings. The SMILES string of the molecule is C/C=C\CSc1cc(NC(=S)c2ccsc2C)ccc1Cl. The summed E-state index contributed by atoms with van der Waals surface area (Å²) in [6.45, 7) is 4.09. The first kappa shape index (κ1) is 16.6. The van der Waals surface area contributed by atoms with Crippen LogP contribution in [0.15, 0.2) is 46.7 Å². The molecule has 1 aromatic heterocycles. The minimum Gasteiger partial charge on any atom is -0.346 e. The molecular formula is C16H16ClNS3. The van der Waals surface area contributed by atoms with Gasteiger partial charge in [0.05, 0.1) is 5.02 Å². The predicted molar refractivity (Wildman–Crippen MR) is 101 cm³/mol. The van der Waals surface area contributed by atoms with Gasteiger partial charge in [-0.15, -0.1) is 23.1 Å². The largest absolute Gasteiger partial charge is 0.346 e. The van der Waals surface area contributed by atoms with Crippen LogP contribution in [0.3, 0.4) is 0 Å². The fraction of sp³-hybridized carbons (Fsp3) is 0.188. The van der Waals surface area contributed by atoms with E-state index in [4.69, 9.17) is 23.8 Å². The lowest BCUT2D eigenvalue weighted by Gasteiger charge is -2.10. The van der Waals surface area contributed by atoms with Crippen molar-refractivity contribution in [2.45, 2.75) is 18.7 Å². The molecule has 1 nitrogen and oxygen atoms in total. The molecule has 0 spiro atoms. The summed E-state index contributed by atoms with van der Waals surface area (Å²) in [5, 5.41) is 6.12. The van der Waals surface area contributed by atoms with Gasteiger partial charge in [0.1, 0.15) is 4.99 Å². The van der Waals surface area contributed by atoms with Gasteiger partial charge in [0, 0.05) is 26.8 Å². The summed E-state index contributed by atoms with van der Waals surface area (Å²) in [7, 11) is 0. The number of aryl methyl sites for hydroxylation is 1. The number of halogens is 1. The van der Waals surface area contributed by atoms with Crippen LogP contribution in [-0.2, 0) is 0 Å². The summed E-state index contributed by atoms with van der Waals surface area (Å²) in [6.07, 6.45) is 4.15. The smallest absolute Gasteiger partial charge is 0.112 e. The summed E-state index contributed by atoms with van der Waals surface area (Å²) in [5.41, 5.74) is 2.06. The van der Waals surface area contributed by atoms with Gasteiger partial charge < -0.3 is 5.32 Å². The van der Waals surface area contributed by atoms with Crippen molar-refractivity contribution in [1.82, 2.24) is 0 Å². The maximum absolute atomic E-state index is 6.23. The molecule has 0 saturated carbocycles. The van der Waals surface area contributed by atoms with E-state index >= 15 is 0 Å². The lowest BCUT2D eigenvalue weighted by molar-refractivity contribution is 1.44. The Morgan fingerprint density at radius 2 is 2.24 bits per heavy atom. The normalized spacial score (nSPS) is 11.0. The van der Waals surface area contributed by atoms with Crippen LogP contribution in [0.1, 0.15) is 17.4 Å². The number of hydrogen-bond acceptors (Lipinski definition) is 3. The average molecular weight is 354 g/mol. The number of rotatable bonds is 5. The van der Waals surface area contributed by atoms with E-state index in [1.807, 2.05) is 37.3 Å². The van der Waals surface area contributed by atoms with Crippen molar-refractivity contribution >= 4 is 57.6 Å². The highest BCUT2D eigenvalue weighted by atomic mass is 35.5. The minimum atomic E-state index is 0.750. The molecule has 0 bridgehead atoms. The molecule has 2 rings (SSSR count). The van der Waals surface area contributed by atoms with E-state index in [0.29, 0.717) is 0 Å². The minimum absolute atomic E-state index is 0.750. The van der Waals surface area contributed by atoms with Gasteiger partial charge in [0.2, 0.25) is 0 Å². The standard InChI is InChI=1S/C16H16ClNS3/c1-3-4-8-21-15-10-12(5-6-14(15)17)18-16(19)13-7-9-20-11(13)2/h3-7,9-10H,8H2,1-2H3,(H,18,19)/b4-3-. The Hall–Kier alpha value is -0.810. The monoisotopic (exact) mass is 353 g/mol. The van der Waals surface area contributed by atoms with Crippen LogP contribution >= 0.6 is 46.9 Å². The van der Waals surface area contributed by atoms with E-state index in [0.717, 1.165) is 31.9 Å². The molecule has 0 atom stereocenters. The molecule has 0 aliphatic heterocycles. The van der Waals surface area contributed by atoms with Crippen LogP contribution < -0.4 is 5.32 Å². The number of thiophene rings is 1. The highest BCUT2D eigenvalue weighted by Gasteiger charge is 2.08. The van der Waals surface area contributed by atoms with Crippen LogP contribution in [0.25, 0.3) is 0 Å². The fourth-order valence-corrected chi connectivity index (χ4v) is 4.02. The summed E-state index contributed by atoms with van der Waals surface area (Å²) in [4.78, 5) is 3.04. The lowest BCUT2D eigenvalue weighted by Crippen LogP contribution is -2.10. The summed E-state index contributed by atoms with van der Waals surface area (Å²) >= 11 is 15.1. The second-order valence-corrected chi connectivity index (χ2v) is 7.37. The van der Waals surface area contributed by atoms with Gasteiger partial charge in [-0.2, -0.15) is 0 Å². The molecule has 110 valence electrons. The van der Waals surface area contributed by atoms with Gasteiger partial charge >= 0.3 is 0 Å². The van der Waals surface area contributed by atoms with Crippen molar-refractivity contribution < 1.29 is 0 Å². The number of thiocarbonyl (C=S) groups is 1. The Morgan fingerprint density at radius 3 is 2.90 bits per heavy atom. The van der Waals surface area contributed by atoms with Crippen molar-refractivity contribution in [3.8, 4) is 0 Å². The van der Waals surface area contributed by atoms with E-state index in [2.05, 4.69) is 23.7 Å². The number of allylic oxidation sites excluding steroid dienone is 1. The molecule has 1 heterocycles. The molecule has 0 radical (unpaired) electrons. The van der Waals surface area contributed by atoms with Gasteiger partial charge in [-0.1, -0.05) is 36.0 Å². The molecule has 0 aliphatic carbocycles.